The molecule has 0 fully saturated rings. The summed E-state index contributed by atoms with van der Waals surface area (Å²) in [7, 11) is 1.83. The molecule has 0 aliphatic rings. The molecule has 98 valence electrons. The Morgan fingerprint density at radius 1 is 1.56 bits per heavy atom. The van der Waals surface area contributed by atoms with E-state index in [2.05, 4.69) is 10.3 Å². The average molecular weight is 266 g/mol. The molecule has 0 spiro atoms. The molecule has 1 amide bonds. The van der Waals surface area contributed by atoms with Gasteiger partial charge in [-0.3, -0.25) is 9.78 Å². The Morgan fingerprint density at radius 3 is 2.67 bits per heavy atom. The van der Waals surface area contributed by atoms with Crippen LogP contribution >= 0.6 is 12.2 Å². The predicted octanol–water partition coefficient (Wildman–Crippen LogP) is 0.677. The lowest BCUT2D eigenvalue weighted by Crippen LogP contribution is -2.38. The summed E-state index contributed by atoms with van der Waals surface area (Å²) in [5.74, 6) is -0.0223. The van der Waals surface area contributed by atoms with Crippen molar-refractivity contribution in [1.29, 1.82) is 0 Å². The summed E-state index contributed by atoms with van der Waals surface area (Å²) in [6.45, 7) is 4.14. The molecule has 6 heteroatoms. The first-order valence-electron chi connectivity index (χ1n) is 5.66. The number of hydrogen-bond donors (Lipinski definition) is 2. The lowest BCUT2D eigenvalue weighted by molar-refractivity contribution is -0.120. The van der Waals surface area contributed by atoms with Gasteiger partial charge in [0.2, 0.25) is 5.91 Å². The second-order valence-corrected chi connectivity index (χ2v) is 4.78. The van der Waals surface area contributed by atoms with Gasteiger partial charge in [-0.05, 0) is 26.0 Å². The second-order valence-electron chi connectivity index (χ2n) is 4.34. The molecule has 1 rings (SSSR count). The van der Waals surface area contributed by atoms with Crippen LogP contribution in [0.3, 0.4) is 0 Å². The minimum Gasteiger partial charge on any atom is -0.388 e. The molecule has 0 aromatic carbocycles. The van der Waals surface area contributed by atoms with Crippen LogP contribution in [0.1, 0.15) is 19.5 Å². The van der Waals surface area contributed by atoms with E-state index in [1.165, 1.54) is 0 Å². The number of likely N-dealkylation sites (N-methyl/N-ethyl adjacent to an activating group) is 1. The molecule has 0 aliphatic carbocycles. The lowest BCUT2D eigenvalue weighted by Gasteiger charge is -2.19. The molecule has 1 aromatic heterocycles. The van der Waals surface area contributed by atoms with Crippen LogP contribution in [0.2, 0.25) is 0 Å². The summed E-state index contributed by atoms with van der Waals surface area (Å²) in [4.78, 5) is 17.8. The van der Waals surface area contributed by atoms with Gasteiger partial charge in [0.1, 0.15) is 4.99 Å². The van der Waals surface area contributed by atoms with Crippen molar-refractivity contribution in [3.63, 3.8) is 0 Å². The van der Waals surface area contributed by atoms with Crippen LogP contribution in [-0.4, -0.2) is 35.5 Å². The number of carbonyl (C=O) groups is 1. The molecule has 18 heavy (non-hydrogen) atoms. The van der Waals surface area contributed by atoms with Crippen LogP contribution < -0.4 is 16.0 Å². The van der Waals surface area contributed by atoms with E-state index in [0.29, 0.717) is 5.69 Å². The third-order valence-electron chi connectivity index (χ3n) is 2.27. The van der Waals surface area contributed by atoms with Gasteiger partial charge < -0.3 is 16.0 Å². The Labute approximate surface area is 112 Å². The number of nitrogens with zero attached hydrogens (tertiary/aromatic N) is 2. The highest BCUT2D eigenvalue weighted by Crippen LogP contribution is 2.10. The van der Waals surface area contributed by atoms with Crippen LogP contribution in [0.25, 0.3) is 0 Å². The van der Waals surface area contributed by atoms with Crippen molar-refractivity contribution in [2.45, 2.75) is 19.9 Å². The van der Waals surface area contributed by atoms with Crippen molar-refractivity contribution in [2.24, 2.45) is 5.73 Å². The minimum absolute atomic E-state index is 0.0223. The smallest absolute Gasteiger partial charge is 0.239 e. The second kappa shape index (κ2) is 6.30. The van der Waals surface area contributed by atoms with E-state index in [1.807, 2.05) is 31.9 Å². The fourth-order valence-corrected chi connectivity index (χ4v) is 1.55. The van der Waals surface area contributed by atoms with Crippen molar-refractivity contribution in [3.8, 4) is 0 Å². The fraction of sp³-hybridized carbons (Fsp3) is 0.417. The third kappa shape index (κ3) is 4.29. The van der Waals surface area contributed by atoms with E-state index in [1.54, 1.807) is 12.3 Å². The number of aromatic nitrogens is 1. The van der Waals surface area contributed by atoms with Gasteiger partial charge in [-0.25, -0.2) is 0 Å². The number of thiocarbonyl (C=S) groups is 1. The molecule has 1 aromatic rings. The van der Waals surface area contributed by atoms with Gasteiger partial charge >= 0.3 is 0 Å². The Bertz CT molecular complexity index is 430. The van der Waals surface area contributed by atoms with E-state index in [4.69, 9.17) is 18.0 Å². The molecule has 0 saturated carbocycles. The van der Waals surface area contributed by atoms with Crippen LogP contribution in [0.4, 0.5) is 5.69 Å². The Balaban J connectivity index is 2.64. The number of amides is 1. The van der Waals surface area contributed by atoms with E-state index in [-0.39, 0.29) is 23.5 Å². The molecule has 0 atom stereocenters. The van der Waals surface area contributed by atoms with Gasteiger partial charge in [-0.1, -0.05) is 12.2 Å². The maximum atomic E-state index is 11.6. The number of hydrogen-bond acceptors (Lipinski definition) is 4. The highest BCUT2D eigenvalue weighted by atomic mass is 32.1. The first kappa shape index (κ1) is 14.4. The van der Waals surface area contributed by atoms with Crippen LogP contribution in [0, 0.1) is 0 Å². The number of pyridine rings is 1. The Hall–Kier alpha value is -1.69. The van der Waals surface area contributed by atoms with Crippen molar-refractivity contribution < 1.29 is 4.79 Å². The normalized spacial score (nSPS) is 10.2. The molecule has 0 saturated heterocycles. The summed E-state index contributed by atoms with van der Waals surface area (Å²) in [5.41, 5.74) is 6.89. The first-order valence-corrected chi connectivity index (χ1v) is 6.07. The monoisotopic (exact) mass is 266 g/mol. The van der Waals surface area contributed by atoms with E-state index in [9.17, 15) is 4.79 Å². The van der Waals surface area contributed by atoms with Gasteiger partial charge in [0, 0.05) is 13.1 Å². The topological polar surface area (TPSA) is 71.2 Å². The highest BCUT2D eigenvalue weighted by Gasteiger charge is 2.09. The number of rotatable bonds is 5. The quantitative estimate of drug-likeness (QED) is 0.767. The molecular weight excluding hydrogens is 248 g/mol. The van der Waals surface area contributed by atoms with E-state index >= 15 is 0 Å². The number of carbonyl (C=O) groups excluding carboxylic acids is 1. The summed E-state index contributed by atoms with van der Waals surface area (Å²) in [6.07, 6.45) is 1.65. The van der Waals surface area contributed by atoms with Gasteiger partial charge in [-0.15, -0.1) is 0 Å². The maximum Gasteiger partial charge on any atom is 0.239 e. The molecular formula is C12H18N4OS. The van der Waals surface area contributed by atoms with E-state index < -0.39 is 0 Å². The van der Waals surface area contributed by atoms with Crippen LogP contribution in [0.15, 0.2) is 18.3 Å². The largest absolute Gasteiger partial charge is 0.388 e. The average Bonchev–Trinajstić information content (AvgIpc) is 2.27. The predicted molar refractivity (Wildman–Crippen MR) is 76.7 cm³/mol. The first-order chi connectivity index (χ1) is 8.40. The molecule has 3 N–H and O–H groups in total. The Morgan fingerprint density at radius 2 is 2.22 bits per heavy atom. The maximum absolute atomic E-state index is 11.6. The third-order valence-corrected chi connectivity index (χ3v) is 2.48. The number of nitrogens with two attached hydrogens (primary N) is 1. The zero-order valence-electron chi connectivity index (χ0n) is 10.8. The van der Waals surface area contributed by atoms with E-state index in [0.717, 1.165) is 5.69 Å². The number of nitrogens with one attached hydrogen (secondary N) is 1. The van der Waals surface area contributed by atoms with Gasteiger partial charge in [0.05, 0.1) is 24.1 Å². The van der Waals surface area contributed by atoms with Gasteiger partial charge in [-0.2, -0.15) is 0 Å². The lowest BCUT2D eigenvalue weighted by atomic mass is 10.3. The van der Waals surface area contributed by atoms with Crippen LogP contribution in [-0.2, 0) is 4.79 Å². The van der Waals surface area contributed by atoms with Gasteiger partial charge in [0.25, 0.3) is 0 Å². The van der Waals surface area contributed by atoms with Gasteiger partial charge in [0.15, 0.2) is 0 Å². The Kier molecular flexibility index (Phi) is 5.03. The molecule has 0 bridgehead atoms. The summed E-state index contributed by atoms with van der Waals surface area (Å²) in [6, 6.07) is 3.72. The minimum atomic E-state index is -0.0223. The van der Waals surface area contributed by atoms with Crippen molar-refractivity contribution in [2.75, 3.05) is 18.5 Å². The highest BCUT2D eigenvalue weighted by molar-refractivity contribution is 7.80. The number of anilines is 1. The van der Waals surface area contributed by atoms with Crippen LogP contribution in [0.5, 0.6) is 0 Å². The summed E-state index contributed by atoms with van der Waals surface area (Å²) >= 11 is 4.83. The fourth-order valence-electron chi connectivity index (χ4n) is 1.43. The summed E-state index contributed by atoms with van der Waals surface area (Å²) < 4.78 is 0. The zero-order valence-corrected chi connectivity index (χ0v) is 11.6. The van der Waals surface area contributed by atoms with Crippen molar-refractivity contribution in [1.82, 2.24) is 10.3 Å². The summed E-state index contributed by atoms with van der Waals surface area (Å²) in [5, 5.41) is 2.83. The molecule has 0 unspecified atom stereocenters. The van der Waals surface area contributed by atoms with Crippen molar-refractivity contribution in [3.05, 3.63) is 24.0 Å². The zero-order chi connectivity index (χ0) is 13.7. The van der Waals surface area contributed by atoms with Crippen molar-refractivity contribution >= 4 is 28.8 Å². The molecule has 0 aliphatic heterocycles. The molecule has 1 heterocycles. The standard InChI is InChI=1S/C12H18N4OS/c1-8(2)15-11(17)7-16(3)9-4-5-10(12(13)18)14-6-9/h4-6,8H,7H2,1-3H3,(H2,13,18)(H,15,17). The SMILES string of the molecule is CC(C)NC(=O)CN(C)c1ccc(C(N)=S)nc1. The molecule has 0 radical (unpaired) electrons. The molecule has 5 nitrogen and oxygen atoms in total.